The molecule has 0 aromatic heterocycles. The van der Waals surface area contributed by atoms with Gasteiger partial charge in [-0.15, -0.1) is 0 Å². The molecule has 2 fully saturated rings. The molecule has 0 aromatic carbocycles. The molecule has 2 rings (SSSR count). The fourth-order valence-corrected chi connectivity index (χ4v) is 4.46. The first kappa shape index (κ1) is 15.2. The molecule has 0 bridgehead atoms. The van der Waals surface area contributed by atoms with Crippen LogP contribution in [-0.4, -0.2) is 44.1 Å². The predicted octanol–water partition coefficient (Wildman–Crippen LogP) is 0.961. The van der Waals surface area contributed by atoms with Crippen LogP contribution in [0.25, 0.3) is 0 Å². The fraction of sp³-hybridized carbons (Fsp3) is 1.00. The van der Waals surface area contributed by atoms with E-state index in [0.29, 0.717) is 31.5 Å². The highest BCUT2D eigenvalue weighted by molar-refractivity contribution is 7.87. The van der Waals surface area contributed by atoms with Crippen LogP contribution in [0.5, 0.6) is 0 Å². The molecule has 19 heavy (non-hydrogen) atoms. The maximum absolute atomic E-state index is 12.2. The van der Waals surface area contributed by atoms with Gasteiger partial charge in [-0.2, -0.15) is 12.7 Å². The molecule has 2 aliphatic rings. The number of rotatable bonds is 5. The van der Waals surface area contributed by atoms with E-state index in [2.05, 4.69) is 11.6 Å². The summed E-state index contributed by atoms with van der Waals surface area (Å²) in [4.78, 5) is 0. The first-order valence-electron chi connectivity index (χ1n) is 7.38. The maximum Gasteiger partial charge on any atom is 0.279 e. The summed E-state index contributed by atoms with van der Waals surface area (Å²) in [6.45, 7) is 4.00. The van der Waals surface area contributed by atoms with Gasteiger partial charge in [0.05, 0.1) is 0 Å². The summed E-state index contributed by atoms with van der Waals surface area (Å²) in [5.41, 5.74) is 0. The van der Waals surface area contributed by atoms with Gasteiger partial charge in [0, 0.05) is 26.2 Å². The molecule has 5 nitrogen and oxygen atoms in total. The van der Waals surface area contributed by atoms with Gasteiger partial charge in [-0.1, -0.05) is 19.8 Å². The van der Waals surface area contributed by atoms with Crippen molar-refractivity contribution in [3.63, 3.8) is 0 Å². The minimum atomic E-state index is -3.32. The van der Waals surface area contributed by atoms with Crippen molar-refractivity contribution in [3.8, 4) is 0 Å². The van der Waals surface area contributed by atoms with Crippen molar-refractivity contribution < 1.29 is 13.5 Å². The zero-order chi connectivity index (χ0) is 13.9. The highest BCUT2D eigenvalue weighted by atomic mass is 32.2. The van der Waals surface area contributed by atoms with Gasteiger partial charge in [0.15, 0.2) is 0 Å². The summed E-state index contributed by atoms with van der Waals surface area (Å²) < 4.78 is 28.7. The third-order valence-corrected chi connectivity index (χ3v) is 6.32. The van der Waals surface area contributed by atoms with Crippen LogP contribution in [0.15, 0.2) is 0 Å². The van der Waals surface area contributed by atoms with Crippen molar-refractivity contribution in [3.05, 3.63) is 0 Å². The number of nitrogens with zero attached hydrogens (tertiary/aromatic N) is 1. The van der Waals surface area contributed by atoms with Gasteiger partial charge in [-0.25, -0.2) is 4.72 Å². The highest BCUT2D eigenvalue weighted by Crippen LogP contribution is 2.30. The van der Waals surface area contributed by atoms with Crippen LogP contribution >= 0.6 is 0 Å². The molecular weight excluding hydrogens is 264 g/mol. The average Bonchev–Trinajstić information content (AvgIpc) is 2.82. The largest absolute Gasteiger partial charge is 0.396 e. The molecule has 1 aliphatic carbocycles. The second kappa shape index (κ2) is 6.52. The first-order chi connectivity index (χ1) is 9.03. The summed E-state index contributed by atoms with van der Waals surface area (Å²) in [6.07, 6.45) is 5.09. The lowest BCUT2D eigenvalue weighted by atomic mass is 9.99. The number of piperidine rings is 1. The van der Waals surface area contributed by atoms with Gasteiger partial charge in [-0.3, -0.25) is 0 Å². The molecule has 0 radical (unpaired) electrons. The van der Waals surface area contributed by atoms with Crippen molar-refractivity contribution in [1.82, 2.24) is 9.03 Å². The smallest absolute Gasteiger partial charge is 0.279 e. The minimum Gasteiger partial charge on any atom is -0.396 e. The Hall–Kier alpha value is -0.170. The Morgan fingerprint density at radius 2 is 1.89 bits per heavy atom. The van der Waals surface area contributed by atoms with Gasteiger partial charge in [0.1, 0.15) is 0 Å². The number of hydrogen-bond donors (Lipinski definition) is 2. The Balaban J connectivity index is 1.81. The van der Waals surface area contributed by atoms with E-state index in [1.54, 1.807) is 0 Å². The van der Waals surface area contributed by atoms with Crippen molar-refractivity contribution in [1.29, 1.82) is 0 Å². The number of hydrogen-bond acceptors (Lipinski definition) is 3. The summed E-state index contributed by atoms with van der Waals surface area (Å²) in [6, 6.07) is 0. The molecule has 1 saturated carbocycles. The second-order valence-electron chi connectivity index (χ2n) is 6.05. The Morgan fingerprint density at radius 3 is 2.42 bits per heavy atom. The average molecular weight is 290 g/mol. The summed E-state index contributed by atoms with van der Waals surface area (Å²) in [5.74, 6) is 1.38. The van der Waals surface area contributed by atoms with Crippen LogP contribution in [0.1, 0.15) is 39.0 Å². The van der Waals surface area contributed by atoms with Gasteiger partial charge in [0.25, 0.3) is 10.2 Å². The molecule has 112 valence electrons. The van der Waals surface area contributed by atoms with E-state index >= 15 is 0 Å². The number of aliphatic hydroxyl groups excluding tert-OH is 1. The van der Waals surface area contributed by atoms with Gasteiger partial charge >= 0.3 is 0 Å². The van der Waals surface area contributed by atoms with Crippen molar-refractivity contribution in [2.45, 2.75) is 39.0 Å². The Bertz CT molecular complexity index is 377. The summed E-state index contributed by atoms with van der Waals surface area (Å²) in [7, 11) is -3.32. The molecule has 0 aromatic rings. The Labute approximate surface area is 116 Å². The van der Waals surface area contributed by atoms with Crippen LogP contribution in [0, 0.1) is 17.8 Å². The van der Waals surface area contributed by atoms with E-state index in [9.17, 15) is 8.42 Å². The van der Waals surface area contributed by atoms with Crippen LogP contribution in [0.4, 0.5) is 0 Å². The fourth-order valence-electron chi connectivity index (χ4n) is 3.16. The molecule has 0 amide bonds. The lowest BCUT2D eigenvalue weighted by Gasteiger charge is -2.30. The molecule has 1 saturated heterocycles. The lowest BCUT2D eigenvalue weighted by molar-refractivity contribution is 0.169. The zero-order valence-corrected chi connectivity index (χ0v) is 12.5. The molecule has 2 N–H and O–H groups in total. The predicted molar refractivity (Wildman–Crippen MR) is 74.8 cm³/mol. The van der Waals surface area contributed by atoms with Gasteiger partial charge in [0.2, 0.25) is 0 Å². The minimum absolute atomic E-state index is 0.168. The first-order valence-corrected chi connectivity index (χ1v) is 8.82. The third kappa shape index (κ3) is 3.90. The van der Waals surface area contributed by atoms with E-state index in [0.717, 1.165) is 19.3 Å². The van der Waals surface area contributed by atoms with Gasteiger partial charge in [-0.05, 0) is 37.0 Å². The SMILES string of the molecule is CC1CCCC1CNS(=O)(=O)N1CCC(CO)CC1. The van der Waals surface area contributed by atoms with Crippen molar-refractivity contribution in [2.75, 3.05) is 26.2 Å². The van der Waals surface area contributed by atoms with Crippen molar-refractivity contribution in [2.24, 2.45) is 17.8 Å². The second-order valence-corrected chi connectivity index (χ2v) is 7.80. The standard InChI is InChI=1S/C13H26N2O3S/c1-11-3-2-4-13(11)9-14-19(17,18)15-7-5-12(10-16)6-8-15/h11-14,16H,2-10H2,1H3. The molecule has 2 atom stereocenters. The highest BCUT2D eigenvalue weighted by Gasteiger charge is 2.30. The molecule has 1 heterocycles. The maximum atomic E-state index is 12.2. The number of aliphatic hydroxyl groups is 1. The van der Waals surface area contributed by atoms with E-state index in [1.807, 2.05) is 0 Å². The van der Waals surface area contributed by atoms with Crippen LogP contribution in [0.2, 0.25) is 0 Å². The van der Waals surface area contributed by atoms with E-state index in [1.165, 1.54) is 17.1 Å². The molecule has 0 spiro atoms. The molecule has 6 heteroatoms. The quantitative estimate of drug-likeness (QED) is 0.792. The third-order valence-electron chi connectivity index (χ3n) is 4.74. The van der Waals surface area contributed by atoms with Crippen LogP contribution < -0.4 is 4.72 Å². The van der Waals surface area contributed by atoms with Crippen LogP contribution in [-0.2, 0) is 10.2 Å². The molecule has 1 aliphatic heterocycles. The lowest BCUT2D eigenvalue weighted by Crippen LogP contribution is -2.46. The van der Waals surface area contributed by atoms with E-state index in [-0.39, 0.29) is 12.5 Å². The number of nitrogens with one attached hydrogen (secondary N) is 1. The monoisotopic (exact) mass is 290 g/mol. The molecule has 2 unspecified atom stereocenters. The van der Waals surface area contributed by atoms with E-state index in [4.69, 9.17) is 5.11 Å². The summed E-state index contributed by atoms with van der Waals surface area (Å²) >= 11 is 0. The van der Waals surface area contributed by atoms with Crippen molar-refractivity contribution >= 4 is 10.2 Å². The zero-order valence-electron chi connectivity index (χ0n) is 11.7. The Morgan fingerprint density at radius 1 is 1.21 bits per heavy atom. The summed E-state index contributed by atoms with van der Waals surface area (Å²) in [5, 5.41) is 9.07. The van der Waals surface area contributed by atoms with E-state index < -0.39 is 10.2 Å². The topological polar surface area (TPSA) is 69.6 Å². The normalized spacial score (nSPS) is 30.8. The van der Waals surface area contributed by atoms with Gasteiger partial charge < -0.3 is 5.11 Å². The Kier molecular flexibility index (Phi) is 5.22. The van der Waals surface area contributed by atoms with Crippen LogP contribution in [0.3, 0.4) is 0 Å². The molecular formula is C13H26N2O3S.